The second-order valence-corrected chi connectivity index (χ2v) is 8.94. The third-order valence-electron chi connectivity index (χ3n) is 5.38. The van der Waals surface area contributed by atoms with Crippen molar-refractivity contribution in [1.82, 2.24) is 4.37 Å². The molecule has 0 N–H and O–H groups in total. The monoisotopic (exact) mass is 546 g/mol. The van der Waals surface area contributed by atoms with Gasteiger partial charge in [0.2, 0.25) is 0 Å². The van der Waals surface area contributed by atoms with E-state index in [2.05, 4.69) is 9.53 Å². The summed E-state index contributed by atoms with van der Waals surface area (Å²) in [5.41, 5.74) is 2.18. The lowest BCUT2D eigenvalue weighted by Crippen LogP contribution is -2.19. The second kappa shape index (κ2) is 11.1. The Morgan fingerprint density at radius 3 is 2.61 bits per heavy atom. The third-order valence-corrected chi connectivity index (χ3v) is 7.19. The molecule has 2 aromatic carbocycles. The SMILES string of the molecule is CCc1c(-c2snc(Cl)c2Cl)c2ccc(OCc3ccccc3/C(=N\OC)C(=O)OC)cc2oc1=O. The number of halogens is 2. The molecule has 0 radical (unpaired) electrons. The molecule has 0 aliphatic heterocycles. The molecular weight excluding hydrogens is 527 g/mol. The molecule has 0 fully saturated rings. The summed E-state index contributed by atoms with van der Waals surface area (Å²) in [7, 11) is 2.61. The molecule has 0 amide bonds. The van der Waals surface area contributed by atoms with Crippen molar-refractivity contribution in [1.29, 1.82) is 0 Å². The van der Waals surface area contributed by atoms with Crippen LogP contribution in [0.15, 0.2) is 56.8 Å². The minimum Gasteiger partial charge on any atom is -0.489 e. The molecule has 0 aliphatic carbocycles. The highest BCUT2D eigenvalue weighted by Crippen LogP contribution is 2.42. The van der Waals surface area contributed by atoms with E-state index in [1.165, 1.54) is 14.2 Å². The van der Waals surface area contributed by atoms with Gasteiger partial charge in [0.1, 0.15) is 25.0 Å². The average Bonchev–Trinajstić information content (AvgIpc) is 3.22. The molecule has 0 saturated heterocycles. The van der Waals surface area contributed by atoms with Crippen molar-refractivity contribution in [2.45, 2.75) is 20.0 Å². The van der Waals surface area contributed by atoms with Gasteiger partial charge in [-0.05, 0) is 35.6 Å². The van der Waals surface area contributed by atoms with Crippen LogP contribution in [-0.4, -0.2) is 30.3 Å². The summed E-state index contributed by atoms with van der Waals surface area (Å²) < 4.78 is 20.5. The summed E-state index contributed by atoms with van der Waals surface area (Å²) >= 11 is 13.6. The molecule has 0 saturated carbocycles. The Kier molecular flexibility index (Phi) is 7.93. The first-order valence-corrected chi connectivity index (χ1v) is 12.2. The van der Waals surface area contributed by atoms with Gasteiger partial charge in [-0.15, -0.1) is 0 Å². The molecule has 0 unspecified atom stereocenters. The largest absolute Gasteiger partial charge is 0.489 e. The fraction of sp³-hybridized carbons (Fsp3) is 0.200. The van der Waals surface area contributed by atoms with Crippen molar-refractivity contribution in [3.05, 3.63) is 79.8 Å². The van der Waals surface area contributed by atoms with Crippen LogP contribution in [0.4, 0.5) is 0 Å². The van der Waals surface area contributed by atoms with Gasteiger partial charge >= 0.3 is 11.6 Å². The highest BCUT2D eigenvalue weighted by Gasteiger charge is 2.22. The summed E-state index contributed by atoms with van der Waals surface area (Å²) in [5, 5.41) is 4.96. The van der Waals surface area contributed by atoms with E-state index < -0.39 is 11.6 Å². The zero-order valence-electron chi connectivity index (χ0n) is 19.5. The number of carbonyl (C=O) groups is 1. The number of ether oxygens (including phenoxy) is 2. The lowest BCUT2D eigenvalue weighted by molar-refractivity contribution is -0.132. The number of carbonyl (C=O) groups excluding carboxylic acids is 1. The van der Waals surface area contributed by atoms with E-state index >= 15 is 0 Å². The number of esters is 1. The maximum absolute atomic E-state index is 12.8. The Balaban J connectivity index is 1.72. The van der Waals surface area contributed by atoms with E-state index in [1.54, 1.807) is 36.4 Å². The lowest BCUT2D eigenvalue weighted by atomic mass is 10.0. The van der Waals surface area contributed by atoms with Crippen LogP contribution in [0.1, 0.15) is 23.6 Å². The van der Waals surface area contributed by atoms with Gasteiger partial charge < -0.3 is 18.7 Å². The zero-order chi connectivity index (χ0) is 25.8. The van der Waals surface area contributed by atoms with E-state index in [1.807, 2.05) is 13.0 Å². The Morgan fingerprint density at radius 2 is 1.94 bits per heavy atom. The fourth-order valence-corrected chi connectivity index (χ4v) is 5.04. The molecule has 0 spiro atoms. The molecular formula is C25H20Cl2N2O6S. The van der Waals surface area contributed by atoms with Gasteiger partial charge in [0.25, 0.3) is 0 Å². The van der Waals surface area contributed by atoms with Crippen LogP contribution in [-0.2, 0) is 27.4 Å². The molecule has 11 heteroatoms. The van der Waals surface area contributed by atoms with Crippen LogP contribution in [0.25, 0.3) is 21.4 Å². The first kappa shape index (κ1) is 25.7. The first-order chi connectivity index (χ1) is 17.4. The van der Waals surface area contributed by atoms with E-state index in [-0.39, 0.29) is 17.5 Å². The zero-order valence-corrected chi connectivity index (χ0v) is 21.8. The van der Waals surface area contributed by atoms with Gasteiger partial charge in [0, 0.05) is 28.1 Å². The fourth-order valence-electron chi connectivity index (χ4n) is 3.73. The molecule has 0 aliphatic rings. The molecule has 186 valence electrons. The van der Waals surface area contributed by atoms with Gasteiger partial charge in [0.15, 0.2) is 10.9 Å². The average molecular weight is 547 g/mol. The van der Waals surface area contributed by atoms with Gasteiger partial charge in [-0.2, -0.15) is 4.37 Å². The molecule has 0 bridgehead atoms. The normalized spacial score (nSPS) is 11.5. The number of benzene rings is 2. The van der Waals surface area contributed by atoms with Gasteiger partial charge in [-0.3, -0.25) is 0 Å². The minimum absolute atomic E-state index is 0.0144. The number of nitrogens with zero attached hydrogens (tertiary/aromatic N) is 2. The summed E-state index contributed by atoms with van der Waals surface area (Å²) in [5.74, 6) is -0.190. The van der Waals surface area contributed by atoms with Crippen molar-refractivity contribution in [3.63, 3.8) is 0 Å². The van der Waals surface area contributed by atoms with Crippen molar-refractivity contribution in [3.8, 4) is 16.2 Å². The second-order valence-electron chi connectivity index (χ2n) is 7.43. The first-order valence-electron chi connectivity index (χ1n) is 10.7. The van der Waals surface area contributed by atoms with Crippen LogP contribution < -0.4 is 10.4 Å². The van der Waals surface area contributed by atoms with Crippen molar-refractivity contribution < 1.29 is 23.5 Å². The quantitative estimate of drug-likeness (QED) is 0.117. The predicted octanol–water partition coefficient (Wildman–Crippen LogP) is 5.89. The molecule has 4 rings (SSSR count). The standard InChI is InChI=1S/C25H20Cl2N2O6S/c1-4-15-19(22-20(26)23(27)29-36-22)17-10-9-14(11-18(17)35-24(15)30)34-12-13-7-5-6-8-16(13)21(28-33-3)25(31)32-2/h5-11H,4,12H2,1-3H3/b28-21+. The van der Waals surface area contributed by atoms with Crippen molar-refractivity contribution in [2.24, 2.45) is 5.16 Å². The number of hydrogen-bond acceptors (Lipinski definition) is 9. The molecule has 36 heavy (non-hydrogen) atoms. The van der Waals surface area contributed by atoms with E-state index in [4.69, 9.17) is 41.9 Å². The van der Waals surface area contributed by atoms with Gasteiger partial charge in [0.05, 0.1) is 17.0 Å². The van der Waals surface area contributed by atoms with E-state index in [0.717, 1.165) is 11.5 Å². The number of oxime groups is 1. The molecule has 2 heterocycles. The smallest absolute Gasteiger partial charge is 0.360 e. The Bertz CT molecular complexity index is 1530. The highest BCUT2D eigenvalue weighted by atomic mass is 35.5. The van der Waals surface area contributed by atoms with E-state index in [0.29, 0.717) is 55.3 Å². The van der Waals surface area contributed by atoms with Crippen LogP contribution in [0.5, 0.6) is 5.75 Å². The van der Waals surface area contributed by atoms with Crippen LogP contribution in [0.3, 0.4) is 0 Å². The number of hydrogen-bond donors (Lipinski definition) is 0. The summed E-state index contributed by atoms with van der Waals surface area (Å²) in [6.45, 7) is 1.96. The van der Waals surface area contributed by atoms with E-state index in [9.17, 15) is 9.59 Å². The maximum atomic E-state index is 12.8. The Hall–Kier alpha value is -3.40. The molecule has 2 aromatic heterocycles. The van der Waals surface area contributed by atoms with Crippen molar-refractivity contribution in [2.75, 3.05) is 14.2 Å². The van der Waals surface area contributed by atoms with Gasteiger partial charge in [-0.25, -0.2) is 9.59 Å². The number of rotatable bonds is 8. The van der Waals surface area contributed by atoms with Crippen LogP contribution in [0.2, 0.25) is 10.2 Å². The maximum Gasteiger partial charge on any atom is 0.360 e. The predicted molar refractivity (Wildman–Crippen MR) is 139 cm³/mol. The topological polar surface area (TPSA) is 100 Å². The lowest BCUT2D eigenvalue weighted by Gasteiger charge is -2.13. The highest BCUT2D eigenvalue weighted by molar-refractivity contribution is 7.11. The summed E-state index contributed by atoms with van der Waals surface area (Å²) in [4.78, 5) is 30.4. The van der Waals surface area contributed by atoms with Crippen molar-refractivity contribution >= 4 is 57.4 Å². The summed E-state index contributed by atoms with van der Waals surface area (Å²) in [6, 6.07) is 12.3. The molecule has 0 atom stereocenters. The van der Waals surface area contributed by atoms with Gasteiger partial charge in [-0.1, -0.05) is 59.5 Å². The van der Waals surface area contributed by atoms with Crippen LogP contribution >= 0.6 is 34.7 Å². The third kappa shape index (κ3) is 4.95. The minimum atomic E-state index is -0.641. The number of methoxy groups -OCH3 is 1. The Labute approximate surface area is 220 Å². The molecule has 8 nitrogen and oxygen atoms in total. The number of aromatic nitrogens is 1. The van der Waals surface area contributed by atoms with Crippen LogP contribution in [0, 0.1) is 0 Å². The Morgan fingerprint density at radius 1 is 1.17 bits per heavy atom. The molecule has 4 aromatic rings. The number of fused-ring (bicyclic) bond motifs is 1. The summed E-state index contributed by atoms with van der Waals surface area (Å²) in [6.07, 6.45) is 0.444.